The number of hydrogen-bond acceptors (Lipinski definition) is 4. The van der Waals surface area contributed by atoms with Gasteiger partial charge in [-0.25, -0.2) is 4.98 Å². The largest absolute Gasteiger partial charge is 0.438 e. The molecule has 0 saturated carbocycles. The Morgan fingerprint density at radius 3 is 3.08 bits per heavy atom. The number of nitrogens with zero attached hydrogens (tertiary/aromatic N) is 1. The molecule has 1 amide bonds. The van der Waals surface area contributed by atoms with E-state index in [0.717, 1.165) is 0 Å². The Kier molecular flexibility index (Phi) is 3.45. The average Bonchev–Trinajstić information content (AvgIpc) is 2.52. The molecule has 72 valence electrons. The van der Waals surface area contributed by atoms with Crippen molar-refractivity contribution in [3.05, 3.63) is 17.8 Å². The normalized spacial score (nSPS) is 10.0. The Morgan fingerprint density at radius 1 is 1.77 bits per heavy atom. The number of amides is 1. The van der Waals surface area contributed by atoms with Crippen molar-refractivity contribution in [2.45, 2.75) is 13.3 Å². The molecule has 0 saturated heterocycles. The molecule has 1 aromatic rings. The van der Waals surface area contributed by atoms with Crippen molar-refractivity contribution in [3.63, 3.8) is 0 Å². The number of rotatable bonds is 4. The molecule has 13 heavy (non-hydrogen) atoms. The maximum absolute atomic E-state index is 11.2. The number of oxazole rings is 1. The molecular weight excluding hydrogens is 172 g/mol. The highest BCUT2D eigenvalue weighted by Crippen LogP contribution is 2.00. The molecule has 5 nitrogen and oxygen atoms in total. The molecule has 0 spiro atoms. The van der Waals surface area contributed by atoms with E-state index < -0.39 is 0 Å². The van der Waals surface area contributed by atoms with Gasteiger partial charge in [0.15, 0.2) is 0 Å². The molecule has 0 bridgehead atoms. The zero-order valence-corrected chi connectivity index (χ0v) is 7.41. The fourth-order valence-electron chi connectivity index (χ4n) is 0.816. The van der Waals surface area contributed by atoms with Crippen molar-refractivity contribution in [2.24, 2.45) is 0 Å². The lowest BCUT2D eigenvalue weighted by Crippen LogP contribution is -2.25. The topological polar surface area (TPSA) is 75.4 Å². The van der Waals surface area contributed by atoms with Crippen LogP contribution in [0.3, 0.4) is 0 Å². The first-order valence-corrected chi connectivity index (χ1v) is 4.05. The third-order valence-electron chi connectivity index (χ3n) is 1.44. The number of aliphatic hydroxyl groups excluding tert-OH is 1. The second-order valence-electron chi connectivity index (χ2n) is 2.61. The Balaban J connectivity index is 2.40. The molecule has 0 aromatic carbocycles. The van der Waals surface area contributed by atoms with Crippen molar-refractivity contribution < 1.29 is 14.3 Å². The van der Waals surface area contributed by atoms with Gasteiger partial charge in [-0.1, -0.05) is 0 Å². The number of carbonyl (C=O) groups excluding carboxylic acids is 1. The summed E-state index contributed by atoms with van der Waals surface area (Å²) in [7, 11) is 0. The van der Waals surface area contributed by atoms with E-state index in [0.29, 0.717) is 18.7 Å². The van der Waals surface area contributed by atoms with E-state index in [-0.39, 0.29) is 18.4 Å². The van der Waals surface area contributed by atoms with Crippen LogP contribution in [0.4, 0.5) is 0 Å². The molecule has 1 heterocycles. The summed E-state index contributed by atoms with van der Waals surface area (Å²) in [5.41, 5.74) is 0. The number of hydrogen-bond donors (Lipinski definition) is 2. The van der Waals surface area contributed by atoms with Gasteiger partial charge in [0.1, 0.15) is 5.76 Å². The monoisotopic (exact) mass is 184 g/mol. The fraction of sp³-hybridized carbons (Fsp3) is 0.500. The highest BCUT2D eigenvalue weighted by atomic mass is 16.4. The highest BCUT2D eigenvalue weighted by molar-refractivity contribution is 5.89. The lowest BCUT2D eigenvalue weighted by molar-refractivity contribution is 0.0915. The van der Waals surface area contributed by atoms with E-state index in [1.807, 2.05) is 0 Å². The fourth-order valence-corrected chi connectivity index (χ4v) is 0.816. The quantitative estimate of drug-likeness (QED) is 0.650. The van der Waals surface area contributed by atoms with Crippen LogP contribution in [0.25, 0.3) is 0 Å². The van der Waals surface area contributed by atoms with Crippen LogP contribution in [-0.4, -0.2) is 29.1 Å². The van der Waals surface area contributed by atoms with Crippen molar-refractivity contribution in [3.8, 4) is 0 Å². The second-order valence-corrected chi connectivity index (χ2v) is 2.61. The van der Waals surface area contributed by atoms with Crippen LogP contribution in [0.5, 0.6) is 0 Å². The van der Waals surface area contributed by atoms with E-state index in [4.69, 9.17) is 9.52 Å². The van der Waals surface area contributed by atoms with Gasteiger partial charge < -0.3 is 14.8 Å². The van der Waals surface area contributed by atoms with Gasteiger partial charge in [-0.3, -0.25) is 4.79 Å². The van der Waals surface area contributed by atoms with Crippen LogP contribution in [0.2, 0.25) is 0 Å². The summed E-state index contributed by atoms with van der Waals surface area (Å²) in [5, 5.41) is 11.0. The third-order valence-corrected chi connectivity index (χ3v) is 1.44. The molecule has 0 aliphatic heterocycles. The first-order chi connectivity index (χ1) is 6.24. The number of aryl methyl sites for hydroxylation is 1. The van der Waals surface area contributed by atoms with Gasteiger partial charge in [-0.2, -0.15) is 0 Å². The molecule has 0 unspecified atom stereocenters. The molecule has 0 radical (unpaired) electrons. The minimum absolute atomic E-state index is 0.0604. The molecule has 1 rings (SSSR count). The first kappa shape index (κ1) is 9.73. The van der Waals surface area contributed by atoms with Crippen LogP contribution >= 0.6 is 0 Å². The van der Waals surface area contributed by atoms with Crippen LogP contribution in [0, 0.1) is 6.92 Å². The SMILES string of the molecule is Cc1cnc(C(=O)NCCCO)o1. The van der Waals surface area contributed by atoms with E-state index >= 15 is 0 Å². The summed E-state index contributed by atoms with van der Waals surface area (Å²) in [6.07, 6.45) is 2.02. The van der Waals surface area contributed by atoms with E-state index in [9.17, 15) is 4.79 Å². The minimum atomic E-state index is -0.346. The van der Waals surface area contributed by atoms with Gasteiger partial charge in [-0.05, 0) is 13.3 Å². The molecular formula is C8H12N2O3. The van der Waals surface area contributed by atoms with E-state index in [1.165, 1.54) is 6.20 Å². The lowest BCUT2D eigenvalue weighted by Gasteiger charge is -1.98. The smallest absolute Gasteiger partial charge is 0.307 e. The summed E-state index contributed by atoms with van der Waals surface area (Å²) < 4.78 is 4.99. The van der Waals surface area contributed by atoms with E-state index in [2.05, 4.69) is 10.3 Å². The van der Waals surface area contributed by atoms with Gasteiger partial charge in [0.2, 0.25) is 0 Å². The number of aliphatic hydroxyl groups is 1. The van der Waals surface area contributed by atoms with Crippen molar-refractivity contribution >= 4 is 5.91 Å². The maximum atomic E-state index is 11.2. The van der Waals surface area contributed by atoms with Crippen molar-refractivity contribution in [1.82, 2.24) is 10.3 Å². The van der Waals surface area contributed by atoms with Gasteiger partial charge in [-0.15, -0.1) is 0 Å². The van der Waals surface area contributed by atoms with Crippen molar-refractivity contribution in [2.75, 3.05) is 13.2 Å². The lowest BCUT2D eigenvalue weighted by atomic mass is 10.4. The standard InChI is InChI=1S/C8H12N2O3/c1-6-5-10-8(13-6)7(12)9-3-2-4-11/h5,11H,2-4H2,1H3,(H,9,12). The molecule has 1 aromatic heterocycles. The van der Waals surface area contributed by atoms with Gasteiger partial charge >= 0.3 is 5.91 Å². The van der Waals surface area contributed by atoms with E-state index in [1.54, 1.807) is 6.92 Å². The van der Waals surface area contributed by atoms with Crippen LogP contribution in [-0.2, 0) is 0 Å². The van der Waals surface area contributed by atoms with Gasteiger partial charge in [0.05, 0.1) is 6.20 Å². The number of aromatic nitrogens is 1. The number of carbonyl (C=O) groups is 1. The second kappa shape index (κ2) is 4.61. The molecule has 0 aliphatic rings. The molecule has 0 atom stereocenters. The average molecular weight is 184 g/mol. The molecule has 5 heteroatoms. The molecule has 0 aliphatic carbocycles. The third kappa shape index (κ3) is 2.87. The van der Waals surface area contributed by atoms with Crippen molar-refractivity contribution in [1.29, 1.82) is 0 Å². The summed E-state index contributed by atoms with van der Waals surface area (Å²) >= 11 is 0. The zero-order chi connectivity index (χ0) is 9.68. The summed E-state index contributed by atoms with van der Waals surface area (Å²) in [6.45, 7) is 2.21. The van der Waals surface area contributed by atoms with Crippen LogP contribution in [0.15, 0.2) is 10.6 Å². The Bertz CT molecular complexity index is 283. The number of nitrogens with one attached hydrogen (secondary N) is 1. The Labute approximate surface area is 75.8 Å². The highest BCUT2D eigenvalue weighted by Gasteiger charge is 2.10. The predicted molar refractivity (Wildman–Crippen MR) is 45.3 cm³/mol. The summed E-state index contributed by atoms with van der Waals surface area (Å²) in [5.74, 6) is 0.323. The molecule has 0 fully saturated rings. The van der Waals surface area contributed by atoms with Gasteiger partial charge in [0.25, 0.3) is 5.89 Å². The first-order valence-electron chi connectivity index (χ1n) is 4.05. The maximum Gasteiger partial charge on any atom is 0.307 e. The Morgan fingerprint density at radius 2 is 2.54 bits per heavy atom. The minimum Gasteiger partial charge on any atom is -0.438 e. The van der Waals surface area contributed by atoms with Gasteiger partial charge in [0, 0.05) is 13.2 Å². The summed E-state index contributed by atoms with van der Waals surface area (Å²) in [4.78, 5) is 14.9. The van der Waals surface area contributed by atoms with Crippen LogP contribution in [0.1, 0.15) is 22.9 Å². The predicted octanol–water partition coefficient (Wildman–Crippen LogP) is 0.0952. The Hall–Kier alpha value is -1.36. The van der Waals surface area contributed by atoms with Crippen LogP contribution < -0.4 is 5.32 Å². The molecule has 2 N–H and O–H groups in total. The summed E-state index contributed by atoms with van der Waals surface area (Å²) in [6, 6.07) is 0. The zero-order valence-electron chi connectivity index (χ0n) is 7.41.